The van der Waals surface area contributed by atoms with Crippen molar-refractivity contribution >= 4 is 11.9 Å². The molecule has 7 heteroatoms. The number of aromatic nitrogens is 3. The summed E-state index contributed by atoms with van der Waals surface area (Å²) < 4.78 is 1.59. The molecular formula is C14H11N7. The van der Waals surface area contributed by atoms with E-state index in [0.29, 0.717) is 22.8 Å². The van der Waals surface area contributed by atoms with Gasteiger partial charge in [-0.1, -0.05) is 12.1 Å². The van der Waals surface area contributed by atoms with E-state index >= 15 is 0 Å². The molecular weight excluding hydrogens is 266 g/mol. The highest BCUT2D eigenvalue weighted by molar-refractivity contribution is 5.53. The first kappa shape index (κ1) is 12.7. The van der Waals surface area contributed by atoms with Gasteiger partial charge < -0.3 is 11.1 Å². The topological polar surface area (TPSA) is 116 Å². The summed E-state index contributed by atoms with van der Waals surface area (Å²) in [4.78, 5) is 4.10. The summed E-state index contributed by atoms with van der Waals surface area (Å²) in [6.07, 6.45) is 0. The Bertz CT molecular complexity index is 814. The van der Waals surface area contributed by atoms with Crippen LogP contribution in [0, 0.1) is 22.7 Å². The molecule has 1 atom stereocenters. The van der Waals surface area contributed by atoms with Gasteiger partial charge in [-0.15, -0.1) is 5.10 Å². The summed E-state index contributed by atoms with van der Waals surface area (Å²) in [5.41, 5.74) is 8.31. The van der Waals surface area contributed by atoms with Crippen LogP contribution in [0.4, 0.5) is 11.9 Å². The highest BCUT2D eigenvalue weighted by Gasteiger charge is 2.30. The van der Waals surface area contributed by atoms with Crippen molar-refractivity contribution in [2.75, 3.05) is 11.1 Å². The van der Waals surface area contributed by atoms with Crippen molar-refractivity contribution in [2.45, 2.75) is 13.0 Å². The molecule has 1 aromatic heterocycles. The molecule has 1 unspecified atom stereocenters. The zero-order valence-electron chi connectivity index (χ0n) is 11.2. The summed E-state index contributed by atoms with van der Waals surface area (Å²) >= 11 is 0. The van der Waals surface area contributed by atoms with Crippen LogP contribution >= 0.6 is 0 Å². The minimum absolute atomic E-state index is 0.142. The van der Waals surface area contributed by atoms with Crippen LogP contribution in [0.3, 0.4) is 0 Å². The van der Waals surface area contributed by atoms with Crippen LogP contribution in [0.1, 0.15) is 24.1 Å². The quantitative estimate of drug-likeness (QED) is 0.816. The fraction of sp³-hybridized carbons (Fsp3) is 0.143. The lowest BCUT2D eigenvalue weighted by Crippen LogP contribution is -2.24. The maximum atomic E-state index is 9.43. The largest absolute Gasteiger partial charge is 0.366 e. The number of nitrogens with two attached hydrogens (primary N) is 1. The summed E-state index contributed by atoms with van der Waals surface area (Å²) in [7, 11) is 0. The van der Waals surface area contributed by atoms with E-state index in [4.69, 9.17) is 11.0 Å². The molecule has 1 aliphatic rings. The van der Waals surface area contributed by atoms with Crippen LogP contribution in [0.2, 0.25) is 0 Å². The fourth-order valence-corrected chi connectivity index (χ4v) is 2.36. The van der Waals surface area contributed by atoms with E-state index in [2.05, 4.69) is 27.5 Å². The smallest absolute Gasteiger partial charge is 0.241 e. The second-order valence-corrected chi connectivity index (χ2v) is 4.65. The minimum atomic E-state index is -0.399. The Morgan fingerprint density at radius 3 is 2.57 bits per heavy atom. The van der Waals surface area contributed by atoms with Gasteiger partial charge in [-0.25, -0.2) is 4.68 Å². The van der Waals surface area contributed by atoms with Crippen LogP contribution in [-0.2, 0) is 0 Å². The van der Waals surface area contributed by atoms with Crippen molar-refractivity contribution in [3.8, 4) is 12.1 Å². The van der Waals surface area contributed by atoms with E-state index in [1.165, 1.54) is 0 Å². The van der Waals surface area contributed by atoms with Crippen LogP contribution in [-0.4, -0.2) is 14.8 Å². The molecule has 0 bridgehead atoms. The summed E-state index contributed by atoms with van der Waals surface area (Å²) in [5, 5.41) is 25.5. The van der Waals surface area contributed by atoms with Crippen LogP contribution < -0.4 is 11.1 Å². The average molecular weight is 277 g/mol. The molecule has 2 aromatic rings. The van der Waals surface area contributed by atoms with Crippen molar-refractivity contribution in [1.82, 2.24) is 14.8 Å². The van der Waals surface area contributed by atoms with Gasteiger partial charge in [-0.2, -0.15) is 15.5 Å². The maximum Gasteiger partial charge on any atom is 0.241 e. The van der Waals surface area contributed by atoms with Crippen molar-refractivity contribution < 1.29 is 0 Å². The number of hydrogen-bond acceptors (Lipinski definition) is 6. The molecule has 0 fully saturated rings. The molecule has 0 aliphatic carbocycles. The Hall–Kier alpha value is -3.32. The lowest BCUT2D eigenvalue weighted by Gasteiger charge is -2.25. The second-order valence-electron chi connectivity index (χ2n) is 4.65. The third kappa shape index (κ3) is 1.97. The van der Waals surface area contributed by atoms with Gasteiger partial charge in [0.05, 0.1) is 23.3 Å². The molecule has 2 heterocycles. The number of nitriles is 2. The predicted octanol–water partition coefficient (Wildman–Crippen LogP) is 1.54. The van der Waals surface area contributed by atoms with Crippen LogP contribution in [0.25, 0.3) is 0 Å². The predicted molar refractivity (Wildman–Crippen MR) is 75.7 cm³/mol. The number of allylic oxidation sites excluding steroid dienone is 2. The van der Waals surface area contributed by atoms with Crippen molar-refractivity contribution in [2.24, 2.45) is 0 Å². The Labute approximate surface area is 120 Å². The Morgan fingerprint density at radius 2 is 1.95 bits per heavy atom. The van der Waals surface area contributed by atoms with Gasteiger partial charge in [0.1, 0.15) is 6.04 Å². The third-order valence-electron chi connectivity index (χ3n) is 3.34. The van der Waals surface area contributed by atoms with Crippen molar-refractivity contribution in [3.63, 3.8) is 0 Å². The minimum Gasteiger partial charge on any atom is -0.366 e. The average Bonchev–Trinajstić information content (AvgIpc) is 2.85. The highest BCUT2D eigenvalue weighted by Crippen LogP contribution is 2.34. The molecule has 21 heavy (non-hydrogen) atoms. The van der Waals surface area contributed by atoms with Gasteiger partial charge in [-0.3, -0.25) is 0 Å². The number of benzene rings is 1. The molecule has 3 N–H and O–H groups in total. The maximum absolute atomic E-state index is 9.43. The Balaban J connectivity index is 2.17. The molecule has 3 rings (SSSR count). The van der Waals surface area contributed by atoms with Gasteiger partial charge in [0.25, 0.3) is 0 Å². The lowest BCUT2D eigenvalue weighted by molar-refractivity contribution is 0.588. The number of nitrogens with zero attached hydrogens (tertiary/aromatic N) is 5. The van der Waals surface area contributed by atoms with Crippen molar-refractivity contribution in [3.05, 3.63) is 46.7 Å². The molecule has 1 aromatic carbocycles. The second kappa shape index (κ2) is 4.66. The molecule has 7 nitrogen and oxygen atoms in total. The van der Waals surface area contributed by atoms with Gasteiger partial charge >= 0.3 is 0 Å². The first-order valence-corrected chi connectivity index (χ1v) is 6.24. The lowest BCUT2D eigenvalue weighted by atomic mass is 9.96. The standard InChI is InChI=1S/C14H11N7/c1-8-11(7-16)12(10-4-2-9(6-15)3-5-10)21-14(18-8)19-13(17)20-21/h2-5,12H,1H3,(H3,17,18,19,20). The monoisotopic (exact) mass is 277 g/mol. The van der Waals surface area contributed by atoms with Gasteiger partial charge in [0.15, 0.2) is 0 Å². The van der Waals surface area contributed by atoms with E-state index in [9.17, 15) is 5.26 Å². The number of hydrogen-bond donors (Lipinski definition) is 2. The van der Waals surface area contributed by atoms with Gasteiger partial charge in [-0.05, 0) is 24.6 Å². The molecule has 0 saturated carbocycles. The molecule has 0 saturated heterocycles. The number of nitrogen functional groups attached to an aromatic ring is 1. The first-order chi connectivity index (χ1) is 10.1. The Morgan fingerprint density at radius 1 is 1.24 bits per heavy atom. The van der Waals surface area contributed by atoms with Gasteiger partial charge in [0, 0.05) is 5.70 Å². The van der Waals surface area contributed by atoms with Crippen molar-refractivity contribution in [1.29, 1.82) is 10.5 Å². The number of rotatable bonds is 1. The first-order valence-electron chi connectivity index (χ1n) is 6.24. The van der Waals surface area contributed by atoms with E-state index in [1.807, 2.05) is 6.92 Å². The van der Waals surface area contributed by atoms with E-state index < -0.39 is 6.04 Å². The molecule has 0 radical (unpaired) electrons. The van der Waals surface area contributed by atoms with E-state index in [1.54, 1.807) is 28.9 Å². The van der Waals surface area contributed by atoms with Crippen LogP contribution in [0.5, 0.6) is 0 Å². The highest BCUT2D eigenvalue weighted by atomic mass is 15.4. The third-order valence-corrected chi connectivity index (χ3v) is 3.34. The zero-order chi connectivity index (χ0) is 15.0. The van der Waals surface area contributed by atoms with Crippen LogP contribution in [0.15, 0.2) is 35.5 Å². The normalized spacial score (nSPS) is 16.6. The summed E-state index contributed by atoms with van der Waals surface area (Å²) in [6.45, 7) is 1.81. The number of anilines is 2. The summed E-state index contributed by atoms with van der Waals surface area (Å²) in [6, 6.07) is 10.9. The van der Waals surface area contributed by atoms with E-state index in [0.717, 1.165) is 5.56 Å². The van der Waals surface area contributed by atoms with E-state index in [-0.39, 0.29) is 5.95 Å². The zero-order valence-corrected chi connectivity index (χ0v) is 11.2. The molecule has 0 spiro atoms. The van der Waals surface area contributed by atoms with Gasteiger partial charge in [0.2, 0.25) is 11.9 Å². The Kier molecular flexibility index (Phi) is 2.82. The fourth-order valence-electron chi connectivity index (χ4n) is 2.36. The molecule has 102 valence electrons. The number of nitrogens with one attached hydrogen (secondary N) is 1. The summed E-state index contributed by atoms with van der Waals surface area (Å²) in [5.74, 6) is 0.640. The molecule has 0 amide bonds. The number of fused-ring (bicyclic) bond motifs is 1. The molecule has 1 aliphatic heterocycles. The SMILES string of the molecule is CC1=C(C#N)C(c2ccc(C#N)cc2)n2nc(N)nc2N1.